The predicted octanol–water partition coefficient (Wildman–Crippen LogP) is 3.96. The zero-order chi connectivity index (χ0) is 17.6. The maximum atomic E-state index is 11.5. The lowest BCUT2D eigenvalue weighted by Crippen LogP contribution is -2.23. The first-order valence-corrected chi connectivity index (χ1v) is 7.79. The molecule has 0 aliphatic rings. The Morgan fingerprint density at radius 3 is 2.13 bits per heavy atom. The topological polar surface area (TPSA) is 67.5 Å². The highest BCUT2D eigenvalue weighted by Gasteiger charge is 2.10. The molecule has 0 radical (unpaired) electrons. The number of hydrazine groups is 1. The number of benzene rings is 1. The first-order chi connectivity index (χ1) is 10.8. The molecule has 0 saturated heterocycles. The molecule has 0 amide bonds. The van der Waals surface area contributed by atoms with Gasteiger partial charge in [0.15, 0.2) is 5.78 Å². The van der Waals surface area contributed by atoms with E-state index in [2.05, 4.69) is 10.4 Å². The largest absolute Gasteiger partial charge is 0.308 e. The number of halogens is 1. The molecule has 0 aliphatic carbocycles. The first-order valence-electron chi connectivity index (χ1n) is 7.41. The summed E-state index contributed by atoms with van der Waals surface area (Å²) in [7, 11) is 0. The van der Waals surface area contributed by atoms with Gasteiger partial charge in [-0.1, -0.05) is 29.3 Å². The van der Waals surface area contributed by atoms with Gasteiger partial charge in [0.05, 0.1) is 0 Å². The Bertz CT molecular complexity index is 666. The molecule has 1 aromatic carbocycles. The van der Waals surface area contributed by atoms with Gasteiger partial charge in [-0.15, -0.1) is 0 Å². The van der Waals surface area contributed by atoms with E-state index < -0.39 is 0 Å². The van der Waals surface area contributed by atoms with Crippen LogP contribution in [-0.2, 0) is 11.2 Å². The molecule has 0 heterocycles. The van der Waals surface area contributed by atoms with Crippen molar-refractivity contribution in [2.75, 3.05) is 0 Å². The molecule has 0 spiro atoms. The van der Waals surface area contributed by atoms with Crippen LogP contribution in [0.1, 0.15) is 40.2 Å². The molecular formula is C18H24ClN3O. The van der Waals surface area contributed by atoms with E-state index in [1.165, 1.54) is 6.92 Å². The molecule has 1 aromatic rings. The maximum absolute atomic E-state index is 11.5. The molecule has 1 rings (SSSR count). The number of hydrogen-bond acceptors (Lipinski definition) is 4. The minimum Gasteiger partial charge on any atom is -0.308 e. The molecule has 0 saturated carbocycles. The van der Waals surface area contributed by atoms with Crippen molar-refractivity contribution in [3.05, 3.63) is 57.4 Å². The van der Waals surface area contributed by atoms with Crippen LogP contribution in [0.5, 0.6) is 0 Å². The summed E-state index contributed by atoms with van der Waals surface area (Å²) < 4.78 is 0. The van der Waals surface area contributed by atoms with E-state index in [9.17, 15) is 4.79 Å². The lowest BCUT2D eigenvalue weighted by Gasteiger charge is -2.12. The third kappa shape index (κ3) is 5.66. The number of rotatable bonds is 6. The second-order valence-corrected chi connectivity index (χ2v) is 6.09. The molecule has 0 fully saturated rings. The van der Waals surface area contributed by atoms with Gasteiger partial charge >= 0.3 is 0 Å². The maximum Gasteiger partial charge on any atom is 0.159 e. The average molecular weight is 334 g/mol. The summed E-state index contributed by atoms with van der Waals surface area (Å²) >= 11 is 5.93. The Labute approximate surface area is 143 Å². The molecule has 124 valence electrons. The van der Waals surface area contributed by atoms with Crippen LogP contribution in [-0.4, -0.2) is 11.5 Å². The van der Waals surface area contributed by atoms with Crippen molar-refractivity contribution in [1.82, 2.24) is 5.43 Å². The quantitative estimate of drug-likeness (QED) is 0.358. The van der Waals surface area contributed by atoms with Gasteiger partial charge in [-0.2, -0.15) is 0 Å². The second-order valence-electron chi connectivity index (χ2n) is 5.65. The Hall–Kier alpha value is -1.91. The summed E-state index contributed by atoms with van der Waals surface area (Å²) in [6.45, 7) is 9.20. The van der Waals surface area contributed by atoms with Crippen molar-refractivity contribution in [3.63, 3.8) is 0 Å². The van der Waals surface area contributed by atoms with Gasteiger partial charge in [0.1, 0.15) is 5.82 Å². The van der Waals surface area contributed by atoms with Crippen LogP contribution in [0.15, 0.2) is 51.8 Å². The van der Waals surface area contributed by atoms with E-state index in [1.54, 1.807) is 6.92 Å². The van der Waals surface area contributed by atoms with Crippen molar-refractivity contribution >= 4 is 23.1 Å². The van der Waals surface area contributed by atoms with Gasteiger partial charge in [0, 0.05) is 16.3 Å². The highest BCUT2D eigenvalue weighted by atomic mass is 35.5. The van der Waals surface area contributed by atoms with Crippen molar-refractivity contribution in [3.8, 4) is 0 Å². The number of Topliss-reactive ketones (excluding diaryl/α,β-unsaturated/α-hetero) is 1. The van der Waals surface area contributed by atoms with Crippen LogP contribution in [0.2, 0.25) is 5.02 Å². The SMILES string of the molecule is CC(=O)/C(C)=C(\N=C(\C)C(Cc1ccc(Cl)cc1)=C(C)C)NN. The van der Waals surface area contributed by atoms with E-state index in [1.807, 2.05) is 45.0 Å². The van der Waals surface area contributed by atoms with Crippen LogP contribution in [0.4, 0.5) is 0 Å². The average Bonchev–Trinajstić information content (AvgIpc) is 2.50. The Balaban J connectivity index is 3.18. The Morgan fingerprint density at radius 1 is 1.13 bits per heavy atom. The lowest BCUT2D eigenvalue weighted by atomic mass is 9.98. The van der Waals surface area contributed by atoms with E-state index in [0.29, 0.717) is 16.4 Å². The number of nitrogens with two attached hydrogens (primary N) is 1. The zero-order valence-corrected chi connectivity index (χ0v) is 15.1. The van der Waals surface area contributed by atoms with Crippen LogP contribution < -0.4 is 11.3 Å². The van der Waals surface area contributed by atoms with Crippen molar-refractivity contribution in [2.24, 2.45) is 10.8 Å². The normalized spacial score (nSPS) is 12.6. The fourth-order valence-corrected chi connectivity index (χ4v) is 2.23. The van der Waals surface area contributed by atoms with Crippen LogP contribution >= 0.6 is 11.6 Å². The fourth-order valence-electron chi connectivity index (χ4n) is 2.10. The summed E-state index contributed by atoms with van der Waals surface area (Å²) in [5.41, 5.74) is 7.26. The van der Waals surface area contributed by atoms with Crippen molar-refractivity contribution in [1.29, 1.82) is 0 Å². The first kappa shape index (κ1) is 19.1. The fraction of sp³-hybridized carbons (Fsp3) is 0.333. The summed E-state index contributed by atoms with van der Waals surface area (Å²) in [6, 6.07) is 7.74. The molecule has 0 bridgehead atoms. The lowest BCUT2D eigenvalue weighted by molar-refractivity contribution is -0.113. The monoisotopic (exact) mass is 333 g/mol. The smallest absolute Gasteiger partial charge is 0.159 e. The highest BCUT2D eigenvalue weighted by molar-refractivity contribution is 6.30. The second kappa shape index (κ2) is 8.65. The molecule has 0 atom stereocenters. The van der Waals surface area contributed by atoms with Gasteiger partial charge < -0.3 is 5.43 Å². The molecule has 5 heteroatoms. The molecule has 0 aliphatic heterocycles. The van der Waals surface area contributed by atoms with Gasteiger partial charge in [-0.25, -0.2) is 10.8 Å². The molecular weight excluding hydrogens is 310 g/mol. The highest BCUT2D eigenvalue weighted by Crippen LogP contribution is 2.18. The van der Waals surface area contributed by atoms with E-state index >= 15 is 0 Å². The van der Waals surface area contributed by atoms with Crippen LogP contribution in [0, 0.1) is 0 Å². The van der Waals surface area contributed by atoms with Crippen molar-refractivity contribution < 1.29 is 4.79 Å². The standard InChI is InChI=1S/C18H24ClN3O/c1-11(2)17(10-15-6-8-16(19)9-7-15)13(4)21-18(22-20)12(3)14(5)23/h6-9,22H,10,20H2,1-5H3/b18-12+,21-13-. The number of allylic oxidation sites excluding steroid dienone is 3. The summed E-state index contributed by atoms with van der Waals surface area (Å²) in [5, 5.41) is 0.715. The number of ketones is 1. The van der Waals surface area contributed by atoms with Gasteiger partial charge in [0.2, 0.25) is 0 Å². The number of carbonyl (C=O) groups is 1. The van der Waals surface area contributed by atoms with Crippen LogP contribution in [0.3, 0.4) is 0 Å². The van der Waals surface area contributed by atoms with Gasteiger partial charge in [-0.05, 0) is 64.3 Å². The number of carbonyl (C=O) groups excluding carboxylic acids is 1. The van der Waals surface area contributed by atoms with Crippen molar-refractivity contribution in [2.45, 2.75) is 41.0 Å². The number of nitrogens with one attached hydrogen (secondary N) is 1. The predicted molar refractivity (Wildman–Crippen MR) is 97.3 cm³/mol. The van der Waals surface area contributed by atoms with Gasteiger partial charge in [0.25, 0.3) is 0 Å². The third-order valence-electron chi connectivity index (χ3n) is 3.63. The Morgan fingerprint density at radius 2 is 1.70 bits per heavy atom. The molecule has 4 nitrogen and oxygen atoms in total. The minimum absolute atomic E-state index is 0.0639. The zero-order valence-electron chi connectivity index (χ0n) is 14.3. The van der Waals surface area contributed by atoms with Crippen LogP contribution in [0.25, 0.3) is 0 Å². The molecule has 23 heavy (non-hydrogen) atoms. The summed E-state index contributed by atoms with van der Waals surface area (Å²) in [6.07, 6.45) is 0.742. The third-order valence-corrected chi connectivity index (χ3v) is 3.89. The number of hydrogen-bond donors (Lipinski definition) is 2. The minimum atomic E-state index is -0.0639. The van der Waals surface area contributed by atoms with E-state index in [-0.39, 0.29) is 5.78 Å². The van der Waals surface area contributed by atoms with Gasteiger partial charge in [-0.3, -0.25) is 4.79 Å². The molecule has 0 unspecified atom stereocenters. The molecule has 3 N–H and O–H groups in total. The number of nitrogens with zero attached hydrogens (tertiary/aromatic N) is 1. The Kier molecular flexibility index (Phi) is 7.20. The summed E-state index contributed by atoms with van der Waals surface area (Å²) in [5.74, 6) is 5.84. The summed E-state index contributed by atoms with van der Waals surface area (Å²) in [4.78, 5) is 16.0. The molecule has 0 aromatic heterocycles. The van der Waals surface area contributed by atoms with E-state index in [4.69, 9.17) is 17.4 Å². The van der Waals surface area contributed by atoms with E-state index in [0.717, 1.165) is 28.8 Å². The number of aliphatic imine (C=N–C) groups is 1.